The molecule has 3 nitrogen and oxygen atoms in total. The lowest BCUT2D eigenvalue weighted by Crippen LogP contribution is -2.44. The number of nitrogens with one attached hydrogen (secondary N) is 2. The fourth-order valence-corrected chi connectivity index (χ4v) is 2.64. The normalized spacial score (nSPS) is 21.6. The van der Waals surface area contributed by atoms with Crippen molar-refractivity contribution in [3.8, 4) is 0 Å². The van der Waals surface area contributed by atoms with E-state index in [9.17, 15) is 4.79 Å². The van der Waals surface area contributed by atoms with E-state index >= 15 is 0 Å². The fraction of sp³-hybridized carbons (Fsp3) is 0.933. The van der Waals surface area contributed by atoms with Crippen LogP contribution in [-0.2, 0) is 4.79 Å². The molecule has 0 aromatic rings. The summed E-state index contributed by atoms with van der Waals surface area (Å²) in [6.07, 6.45) is 9.25. The van der Waals surface area contributed by atoms with E-state index in [0.29, 0.717) is 18.4 Å². The van der Waals surface area contributed by atoms with Crippen LogP contribution < -0.4 is 10.6 Å². The lowest BCUT2D eigenvalue weighted by molar-refractivity contribution is -0.122. The van der Waals surface area contributed by atoms with E-state index in [4.69, 9.17) is 0 Å². The van der Waals surface area contributed by atoms with Crippen LogP contribution in [0.2, 0.25) is 0 Å². The van der Waals surface area contributed by atoms with Gasteiger partial charge in [0.15, 0.2) is 0 Å². The second-order valence-corrected chi connectivity index (χ2v) is 5.63. The highest BCUT2D eigenvalue weighted by atomic mass is 16.1. The Balaban J connectivity index is 2.07. The van der Waals surface area contributed by atoms with Gasteiger partial charge in [-0.3, -0.25) is 4.79 Å². The molecule has 0 aromatic heterocycles. The van der Waals surface area contributed by atoms with E-state index < -0.39 is 0 Å². The highest BCUT2D eigenvalue weighted by molar-refractivity contribution is 5.76. The van der Waals surface area contributed by atoms with E-state index in [1.54, 1.807) is 0 Å². The summed E-state index contributed by atoms with van der Waals surface area (Å²) in [5.74, 6) is 0.854. The fourth-order valence-electron chi connectivity index (χ4n) is 2.64. The third-order valence-corrected chi connectivity index (χ3v) is 3.94. The van der Waals surface area contributed by atoms with Crippen LogP contribution in [0.25, 0.3) is 0 Å². The van der Waals surface area contributed by atoms with Crippen molar-refractivity contribution in [3.63, 3.8) is 0 Å². The summed E-state index contributed by atoms with van der Waals surface area (Å²) >= 11 is 0. The monoisotopic (exact) mass is 254 g/mol. The van der Waals surface area contributed by atoms with E-state index in [-0.39, 0.29) is 5.91 Å². The Morgan fingerprint density at radius 2 is 2.11 bits per heavy atom. The van der Waals surface area contributed by atoms with E-state index in [1.165, 1.54) is 38.5 Å². The number of hydrogen-bond donors (Lipinski definition) is 2. The summed E-state index contributed by atoms with van der Waals surface area (Å²) < 4.78 is 0. The number of carbonyl (C=O) groups excluding carboxylic acids is 1. The first kappa shape index (κ1) is 15.5. The van der Waals surface area contributed by atoms with E-state index in [1.807, 2.05) is 0 Å². The van der Waals surface area contributed by atoms with Crippen LogP contribution in [0, 0.1) is 5.92 Å². The minimum absolute atomic E-state index is 0.240. The van der Waals surface area contributed by atoms with Crippen LogP contribution in [0.15, 0.2) is 0 Å². The van der Waals surface area contributed by atoms with Gasteiger partial charge in [-0.15, -0.1) is 0 Å². The quantitative estimate of drug-likeness (QED) is 0.654. The Hall–Kier alpha value is -0.570. The number of hydrogen-bond acceptors (Lipinski definition) is 2. The largest absolute Gasteiger partial charge is 0.353 e. The van der Waals surface area contributed by atoms with Crippen LogP contribution in [-0.4, -0.2) is 25.0 Å². The van der Waals surface area contributed by atoms with Crippen LogP contribution in [0.5, 0.6) is 0 Å². The molecule has 106 valence electrons. The van der Waals surface area contributed by atoms with Gasteiger partial charge in [0.1, 0.15) is 0 Å². The number of amides is 1. The highest BCUT2D eigenvalue weighted by Crippen LogP contribution is 2.14. The number of unbranched alkanes of at least 4 members (excludes halogenated alkanes) is 4. The molecule has 2 unspecified atom stereocenters. The second-order valence-electron chi connectivity index (χ2n) is 5.63. The molecule has 1 fully saturated rings. The van der Waals surface area contributed by atoms with Gasteiger partial charge in [0.2, 0.25) is 5.91 Å². The Kier molecular flexibility index (Phi) is 8.06. The predicted octanol–water partition coefficient (Wildman–Crippen LogP) is 2.85. The van der Waals surface area contributed by atoms with Crippen molar-refractivity contribution in [3.05, 3.63) is 0 Å². The number of rotatable bonds is 8. The van der Waals surface area contributed by atoms with Crippen molar-refractivity contribution in [2.75, 3.05) is 13.1 Å². The number of piperidine rings is 1. The van der Waals surface area contributed by atoms with Gasteiger partial charge < -0.3 is 10.6 Å². The second kappa shape index (κ2) is 9.37. The maximum atomic E-state index is 11.8. The lowest BCUT2D eigenvalue weighted by atomic mass is 9.92. The van der Waals surface area contributed by atoms with Gasteiger partial charge in [0.25, 0.3) is 0 Å². The van der Waals surface area contributed by atoms with Crippen molar-refractivity contribution >= 4 is 5.91 Å². The summed E-state index contributed by atoms with van der Waals surface area (Å²) in [5.41, 5.74) is 0. The third kappa shape index (κ3) is 6.39. The maximum Gasteiger partial charge on any atom is 0.220 e. The smallest absolute Gasteiger partial charge is 0.220 e. The molecule has 2 atom stereocenters. The summed E-state index contributed by atoms with van der Waals surface area (Å²) in [7, 11) is 0. The molecule has 0 aliphatic carbocycles. The first-order chi connectivity index (χ1) is 8.74. The SMILES string of the molecule is CCCCCCCC(=O)NC(C)C1CCCNC1. The molecule has 1 rings (SSSR count). The van der Waals surface area contributed by atoms with Crippen LogP contribution in [0.1, 0.15) is 65.2 Å². The van der Waals surface area contributed by atoms with Gasteiger partial charge in [0, 0.05) is 12.5 Å². The Bertz CT molecular complexity index is 225. The highest BCUT2D eigenvalue weighted by Gasteiger charge is 2.20. The summed E-state index contributed by atoms with van der Waals surface area (Å²) in [4.78, 5) is 11.8. The Labute approximate surface area is 112 Å². The molecule has 1 amide bonds. The van der Waals surface area contributed by atoms with Gasteiger partial charge >= 0.3 is 0 Å². The van der Waals surface area contributed by atoms with Crippen LogP contribution in [0.4, 0.5) is 0 Å². The van der Waals surface area contributed by atoms with Crippen LogP contribution in [0.3, 0.4) is 0 Å². The first-order valence-electron chi connectivity index (χ1n) is 7.74. The first-order valence-corrected chi connectivity index (χ1v) is 7.74. The molecule has 2 N–H and O–H groups in total. The molecular weight excluding hydrogens is 224 g/mol. The predicted molar refractivity (Wildman–Crippen MR) is 76.6 cm³/mol. The zero-order valence-electron chi connectivity index (χ0n) is 12.1. The van der Waals surface area contributed by atoms with Crippen molar-refractivity contribution < 1.29 is 4.79 Å². The van der Waals surface area contributed by atoms with Crippen molar-refractivity contribution in [2.45, 2.75) is 71.3 Å². The topological polar surface area (TPSA) is 41.1 Å². The summed E-state index contributed by atoms with van der Waals surface area (Å²) in [5, 5.41) is 6.57. The van der Waals surface area contributed by atoms with Crippen molar-refractivity contribution in [2.24, 2.45) is 5.92 Å². The zero-order valence-corrected chi connectivity index (χ0v) is 12.1. The van der Waals surface area contributed by atoms with E-state index in [0.717, 1.165) is 19.5 Å². The van der Waals surface area contributed by atoms with Crippen molar-refractivity contribution in [1.82, 2.24) is 10.6 Å². The average Bonchev–Trinajstić information content (AvgIpc) is 2.39. The lowest BCUT2D eigenvalue weighted by Gasteiger charge is -2.28. The molecular formula is C15H30N2O. The standard InChI is InChI=1S/C15H30N2O/c1-3-4-5-6-7-10-15(18)17-13(2)14-9-8-11-16-12-14/h13-14,16H,3-12H2,1-2H3,(H,17,18). The maximum absolute atomic E-state index is 11.8. The zero-order chi connectivity index (χ0) is 13.2. The molecule has 0 aromatic carbocycles. The van der Waals surface area contributed by atoms with E-state index in [2.05, 4.69) is 24.5 Å². The molecule has 0 radical (unpaired) electrons. The van der Waals surface area contributed by atoms with Crippen molar-refractivity contribution in [1.29, 1.82) is 0 Å². The molecule has 1 heterocycles. The molecule has 1 aliphatic rings. The molecule has 3 heteroatoms. The average molecular weight is 254 g/mol. The molecule has 1 aliphatic heterocycles. The third-order valence-electron chi connectivity index (χ3n) is 3.94. The van der Waals surface area contributed by atoms with Gasteiger partial charge in [-0.2, -0.15) is 0 Å². The summed E-state index contributed by atoms with van der Waals surface area (Å²) in [6.45, 7) is 6.55. The molecule has 1 saturated heterocycles. The van der Waals surface area contributed by atoms with Crippen LogP contribution >= 0.6 is 0 Å². The number of carbonyl (C=O) groups is 1. The Morgan fingerprint density at radius 1 is 1.33 bits per heavy atom. The molecule has 0 bridgehead atoms. The molecule has 0 saturated carbocycles. The molecule has 18 heavy (non-hydrogen) atoms. The van der Waals surface area contributed by atoms with Gasteiger partial charge in [-0.25, -0.2) is 0 Å². The molecule has 0 spiro atoms. The minimum atomic E-state index is 0.240. The minimum Gasteiger partial charge on any atom is -0.353 e. The van der Waals surface area contributed by atoms with Gasteiger partial charge in [-0.1, -0.05) is 32.6 Å². The Morgan fingerprint density at radius 3 is 2.78 bits per heavy atom. The van der Waals surface area contributed by atoms with Gasteiger partial charge in [-0.05, 0) is 45.2 Å². The summed E-state index contributed by atoms with van der Waals surface area (Å²) in [6, 6.07) is 0.320. The van der Waals surface area contributed by atoms with Gasteiger partial charge in [0.05, 0.1) is 0 Å².